The van der Waals surface area contributed by atoms with E-state index in [9.17, 15) is 0 Å². The maximum Gasteiger partial charge on any atom is 0.123 e. The Kier molecular flexibility index (Phi) is 6.08. The van der Waals surface area contributed by atoms with Gasteiger partial charge in [0.15, 0.2) is 0 Å². The normalized spacial score (nSPS) is 12.1. The molecule has 21 heavy (non-hydrogen) atoms. The maximum absolute atomic E-state index is 5.52. The number of thiophene rings is 1. The molecule has 0 fully saturated rings. The molecule has 0 radical (unpaired) electrons. The summed E-state index contributed by atoms with van der Waals surface area (Å²) < 4.78 is 10.9. The first-order valence-electron chi connectivity index (χ1n) is 7.24. The molecule has 1 aromatic carbocycles. The predicted molar refractivity (Wildman–Crippen MR) is 88.6 cm³/mol. The Morgan fingerprint density at radius 3 is 2.67 bits per heavy atom. The molecule has 0 saturated heterocycles. The van der Waals surface area contributed by atoms with E-state index in [1.165, 1.54) is 5.56 Å². The number of ether oxygens (including phenoxy) is 2. The molecule has 0 aliphatic carbocycles. The summed E-state index contributed by atoms with van der Waals surface area (Å²) in [5.74, 6) is 1.77. The van der Waals surface area contributed by atoms with Gasteiger partial charge in [0.1, 0.15) is 11.5 Å². The van der Waals surface area contributed by atoms with Crippen LogP contribution in [0.3, 0.4) is 0 Å². The summed E-state index contributed by atoms with van der Waals surface area (Å²) in [7, 11) is 3.41. The molecule has 0 saturated carbocycles. The molecular weight excluding hydrogens is 282 g/mol. The number of methoxy groups -OCH3 is 2. The molecule has 0 aliphatic rings. The van der Waals surface area contributed by atoms with Gasteiger partial charge in [0.05, 0.1) is 14.2 Å². The monoisotopic (exact) mass is 305 g/mol. The van der Waals surface area contributed by atoms with Crippen LogP contribution >= 0.6 is 11.3 Å². The molecule has 1 unspecified atom stereocenters. The number of rotatable bonds is 8. The van der Waals surface area contributed by atoms with Gasteiger partial charge in [0.2, 0.25) is 0 Å². The summed E-state index contributed by atoms with van der Waals surface area (Å²) in [6, 6.07) is 8.43. The van der Waals surface area contributed by atoms with Gasteiger partial charge in [-0.15, -0.1) is 0 Å². The Bertz CT molecular complexity index is 540. The molecule has 0 spiro atoms. The average molecular weight is 305 g/mol. The summed E-state index contributed by atoms with van der Waals surface area (Å²) in [6.45, 7) is 3.05. The second-order valence-corrected chi connectivity index (χ2v) is 5.67. The van der Waals surface area contributed by atoms with E-state index < -0.39 is 0 Å². The van der Waals surface area contributed by atoms with E-state index >= 15 is 0 Å². The Labute approximate surface area is 130 Å². The molecule has 0 bridgehead atoms. The highest BCUT2D eigenvalue weighted by Gasteiger charge is 2.16. The smallest absolute Gasteiger partial charge is 0.123 e. The minimum atomic E-state index is 0.264. The van der Waals surface area contributed by atoms with Crippen LogP contribution in [0.2, 0.25) is 0 Å². The molecule has 1 N–H and O–H groups in total. The van der Waals surface area contributed by atoms with Crippen LogP contribution in [-0.4, -0.2) is 20.8 Å². The van der Waals surface area contributed by atoms with Crippen molar-refractivity contribution in [3.05, 3.63) is 46.2 Å². The van der Waals surface area contributed by atoms with Crippen molar-refractivity contribution in [1.82, 2.24) is 5.32 Å². The molecule has 0 aliphatic heterocycles. The van der Waals surface area contributed by atoms with Gasteiger partial charge in [0.25, 0.3) is 0 Å². The van der Waals surface area contributed by atoms with Gasteiger partial charge in [0, 0.05) is 11.6 Å². The molecule has 114 valence electrons. The summed E-state index contributed by atoms with van der Waals surface area (Å²) in [5, 5.41) is 7.90. The molecule has 1 aromatic heterocycles. The van der Waals surface area contributed by atoms with Crippen molar-refractivity contribution in [2.75, 3.05) is 20.8 Å². The molecule has 4 heteroatoms. The zero-order chi connectivity index (χ0) is 15.1. The van der Waals surface area contributed by atoms with Gasteiger partial charge in [-0.25, -0.2) is 0 Å². The van der Waals surface area contributed by atoms with E-state index in [1.54, 1.807) is 25.6 Å². The van der Waals surface area contributed by atoms with Crippen LogP contribution < -0.4 is 14.8 Å². The maximum atomic E-state index is 5.52. The fourth-order valence-corrected chi connectivity index (χ4v) is 3.17. The zero-order valence-electron chi connectivity index (χ0n) is 12.9. The van der Waals surface area contributed by atoms with Crippen LogP contribution in [0.25, 0.3) is 0 Å². The van der Waals surface area contributed by atoms with Crippen molar-refractivity contribution in [3.8, 4) is 11.5 Å². The van der Waals surface area contributed by atoms with Crippen molar-refractivity contribution in [2.24, 2.45) is 0 Å². The molecule has 1 atom stereocenters. The first-order chi connectivity index (χ1) is 10.3. The fourth-order valence-electron chi connectivity index (χ4n) is 2.47. The lowest BCUT2D eigenvalue weighted by Gasteiger charge is -2.21. The number of hydrogen-bond acceptors (Lipinski definition) is 4. The lowest BCUT2D eigenvalue weighted by atomic mass is 9.98. The van der Waals surface area contributed by atoms with Crippen LogP contribution in [0.4, 0.5) is 0 Å². The number of hydrogen-bond donors (Lipinski definition) is 1. The third-order valence-electron chi connectivity index (χ3n) is 3.56. The van der Waals surface area contributed by atoms with Gasteiger partial charge in [-0.05, 0) is 60.0 Å². The largest absolute Gasteiger partial charge is 0.497 e. The second kappa shape index (κ2) is 8.05. The topological polar surface area (TPSA) is 30.5 Å². The van der Waals surface area contributed by atoms with Crippen LogP contribution in [-0.2, 0) is 6.42 Å². The lowest BCUT2D eigenvalue weighted by Crippen LogP contribution is -2.22. The van der Waals surface area contributed by atoms with E-state index in [1.807, 2.05) is 12.1 Å². The van der Waals surface area contributed by atoms with Crippen LogP contribution in [0.1, 0.15) is 30.5 Å². The number of nitrogens with one attached hydrogen (secondary N) is 1. The SMILES string of the molecule is CCNC(CCc1ccsc1)c1cc(OC)ccc1OC. The molecule has 2 aromatic rings. The van der Waals surface area contributed by atoms with Gasteiger partial charge >= 0.3 is 0 Å². The lowest BCUT2D eigenvalue weighted by molar-refractivity contribution is 0.387. The van der Waals surface area contributed by atoms with Crippen LogP contribution in [0.15, 0.2) is 35.0 Å². The van der Waals surface area contributed by atoms with E-state index in [0.29, 0.717) is 0 Å². The summed E-state index contributed by atoms with van der Waals surface area (Å²) in [5.41, 5.74) is 2.55. The van der Waals surface area contributed by atoms with Gasteiger partial charge in [-0.2, -0.15) is 11.3 Å². The van der Waals surface area contributed by atoms with Crippen LogP contribution in [0.5, 0.6) is 11.5 Å². The zero-order valence-corrected chi connectivity index (χ0v) is 13.7. The van der Waals surface area contributed by atoms with Crippen molar-refractivity contribution in [1.29, 1.82) is 0 Å². The van der Waals surface area contributed by atoms with E-state index in [-0.39, 0.29) is 6.04 Å². The summed E-state index contributed by atoms with van der Waals surface area (Å²) in [6.07, 6.45) is 2.09. The van der Waals surface area contributed by atoms with Crippen LogP contribution in [0, 0.1) is 0 Å². The molecule has 1 heterocycles. The van der Waals surface area contributed by atoms with Crippen molar-refractivity contribution < 1.29 is 9.47 Å². The van der Waals surface area contributed by atoms with Gasteiger partial charge < -0.3 is 14.8 Å². The molecular formula is C17H23NO2S. The summed E-state index contributed by atoms with van der Waals surface area (Å²) >= 11 is 1.75. The Morgan fingerprint density at radius 2 is 2.05 bits per heavy atom. The predicted octanol–water partition coefficient (Wildman–Crippen LogP) is 4.05. The van der Waals surface area contributed by atoms with Crippen molar-refractivity contribution in [2.45, 2.75) is 25.8 Å². The highest BCUT2D eigenvalue weighted by atomic mass is 32.1. The standard InChI is InChI=1S/C17H23NO2S/c1-4-18-16(7-5-13-9-10-21-12-13)15-11-14(19-2)6-8-17(15)20-3/h6,8-12,16,18H,4-5,7H2,1-3H3. The first-order valence-corrected chi connectivity index (χ1v) is 8.19. The van der Waals surface area contributed by atoms with E-state index in [2.05, 4.69) is 35.1 Å². The van der Waals surface area contributed by atoms with E-state index in [0.717, 1.165) is 36.4 Å². The number of aryl methyl sites for hydroxylation is 1. The molecule has 3 nitrogen and oxygen atoms in total. The Morgan fingerprint density at radius 1 is 1.19 bits per heavy atom. The average Bonchev–Trinajstić information content (AvgIpc) is 3.04. The fraction of sp³-hybridized carbons (Fsp3) is 0.412. The quantitative estimate of drug-likeness (QED) is 0.798. The van der Waals surface area contributed by atoms with Gasteiger partial charge in [-0.1, -0.05) is 6.92 Å². The second-order valence-electron chi connectivity index (χ2n) is 4.89. The minimum absolute atomic E-state index is 0.264. The Balaban J connectivity index is 2.19. The highest BCUT2D eigenvalue weighted by Crippen LogP contribution is 2.32. The third-order valence-corrected chi connectivity index (χ3v) is 4.30. The first kappa shape index (κ1) is 15.9. The summed E-state index contributed by atoms with van der Waals surface area (Å²) in [4.78, 5) is 0. The molecule has 0 amide bonds. The Hall–Kier alpha value is -1.52. The highest BCUT2D eigenvalue weighted by molar-refractivity contribution is 7.07. The van der Waals surface area contributed by atoms with Gasteiger partial charge in [-0.3, -0.25) is 0 Å². The van der Waals surface area contributed by atoms with E-state index in [4.69, 9.17) is 9.47 Å². The third kappa shape index (κ3) is 4.22. The van der Waals surface area contributed by atoms with Crippen molar-refractivity contribution in [3.63, 3.8) is 0 Å². The molecule has 2 rings (SSSR count). The number of benzene rings is 1. The minimum Gasteiger partial charge on any atom is -0.497 e. The van der Waals surface area contributed by atoms with Crippen molar-refractivity contribution >= 4 is 11.3 Å².